The van der Waals surface area contributed by atoms with Crippen molar-refractivity contribution in [1.82, 2.24) is 9.78 Å². The van der Waals surface area contributed by atoms with Crippen LogP contribution in [0.15, 0.2) is 30.6 Å². The molecule has 2 rings (SSSR count). The topological polar surface area (TPSA) is 73.0 Å². The second-order valence-corrected chi connectivity index (χ2v) is 4.83. The van der Waals surface area contributed by atoms with Crippen molar-refractivity contribution in [2.45, 2.75) is 26.4 Å². The van der Waals surface area contributed by atoms with Crippen molar-refractivity contribution in [3.05, 3.63) is 51.3 Å². The molecule has 1 unspecified atom stereocenters. The molecule has 1 N–H and O–H groups in total. The van der Waals surface area contributed by atoms with Crippen LogP contribution in [0.25, 0.3) is 0 Å². The zero-order valence-electron chi connectivity index (χ0n) is 11.2. The van der Waals surface area contributed by atoms with Crippen LogP contribution in [-0.4, -0.2) is 14.7 Å². The van der Waals surface area contributed by atoms with Crippen LogP contribution >= 0.6 is 11.6 Å². The van der Waals surface area contributed by atoms with Gasteiger partial charge in [-0.2, -0.15) is 5.10 Å². The molecule has 1 heterocycles. The van der Waals surface area contributed by atoms with Gasteiger partial charge in [-0.15, -0.1) is 0 Å². The fourth-order valence-electron chi connectivity index (χ4n) is 1.85. The zero-order chi connectivity index (χ0) is 14.7. The molecule has 0 bridgehead atoms. The number of hydrogen-bond donors (Lipinski definition) is 1. The highest BCUT2D eigenvalue weighted by Gasteiger charge is 2.14. The molecule has 2 aromatic rings. The highest BCUT2D eigenvalue weighted by Crippen LogP contribution is 2.29. The van der Waals surface area contributed by atoms with E-state index in [1.807, 2.05) is 24.7 Å². The standard InChI is InChI=1S/C13H15ClN4O2/c1-3-17-8-10(7-15-17)9(2)16-11-4-5-12(14)13(6-11)18(19)20/h4-9,16H,3H2,1-2H3. The minimum atomic E-state index is -0.493. The molecule has 1 aromatic carbocycles. The number of benzene rings is 1. The summed E-state index contributed by atoms with van der Waals surface area (Å²) in [5, 5.41) is 18.4. The SMILES string of the molecule is CCn1cc(C(C)Nc2ccc(Cl)c([N+](=O)[O-])c2)cn1. The average Bonchev–Trinajstić information content (AvgIpc) is 2.89. The van der Waals surface area contributed by atoms with E-state index in [0.717, 1.165) is 12.1 Å². The summed E-state index contributed by atoms with van der Waals surface area (Å²) in [5.41, 5.74) is 1.57. The summed E-state index contributed by atoms with van der Waals surface area (Å²) in [7, 11) is 0. The van der Waals surface area contributed by atoms with E-state index < -0.39 is 4.92 Å². The summed E-state index contributed by atoms with van der Waals surface area (Å²) in [6.45, 7) is 4.79. The molecule has 0 spiro atoms. The molecule has 0 aliphatic heterocycles. The predicted octanol–water partition coefficient (Wildman–Crippen LogP) is 3.64. The number of nitrogens with one attached hydrogen (secondary N) is 1. The van der Waals surface area contributed by atoms with Crippen molar-refractivity contribution in [1.29, 1.82) is 0 Å². The maximum Gasteiger partial charge on any atom is 0.289 e. The Labute approximate surface area is 121 Å². The maximum absolute atomic E-state index is 10.9. The van der Waals surface area contributed by atoms with Crippen molar-refractivity contribution < 1.29 is 4.92 Å². The Kier molecular flexibility index (Phi) is 4.24. The third-order valence-corrected chi connectivity index (χ3v) is 3.32. The van der Waals surface area contributed by atoms with E-state index in [1.54, 1.807) is 12.3 Å². The normalized spacial score (nSPS) is 12.2. The van der Waals surface area contributed by atoms with E-state index in [0.29, 0.717) is 5.69 Å². The monoisotopic (exact) mass is 294 g/mol. The van der Waals surface area contributed by atoms with Crippen LogP contribution in [0.4, 0.5) is 11.4 Å². The maximum atomic E-state index is 10.9. The van der Waals surface area contributed by atoms with E-state index in [1.165, 1.54) is 12.1 Å². The van der Waals surface area contributed by atoms with E-state index in [4.69, 9.17) is 11.6 Å². The number of halogens is 1. The van der Waals surface area contributed by atoms with Crippen LogP contribution in [0.5, 0.6) is 0 Å². The second-order valence-electron chi connectivity index (χ2n) is 4.42. The molecule has 0 saturated carbocycles. The van der Waals surface area contributed by atoms with Crippen LogP contribution in [0.2, 0.25) is 5.02 Å². The fraction of sp³-hybridized carbons (Fsp3) is 0.308. The van der Waals surface area contributed by atoms with Crippen LogP contribution in [0.3, 0.4) is 0 Å². The van der Waals surface area contributed by atoms with Gasteiger partial charge < -0.3 is 5.32 Å². The van der Waals surface area contributed by atoms with E-state index in [2.05, 4.69) is 10.4 Å². The molecular formula is C13H15ClN4O2. The molecule has 1 aromatic heterocycles. The molecule has 20 heavy (non-hydrogen) atoms. The van der Waals surface area contributed by atoms with E-state index in [-0.39, 0.29) is 16.8 Å². The Morgan fingerprint density at radius 2 is 2.30 bits per heavy atom. The van der Waals surface area contributed by atoms with Crippen LogP contribution in [0.1, 0.15) is 25.5 Å². The summed E-state index contributed by atoms with van der Waals surface area (Å²) >= 11 is 5.78. The lowest BCUT2D eigenvalue weighted by Gasteiger charge is -2.13. The summed E-state index contributed by atoms with van der Waals surface area (Å²) in [5.74, 6) is 0. The Hall–Kier alpha value is -2.08. The molecule has 106 valence electrons. The average molecular weight is 295 g/mol. The number of nitro groups is 1. The van der Waals surface area contributed by atoms with Crippen molar-refractivity contribution >= 4 is 23.0 Å². The van der Waals surface area contributed by atoms with Gasteiger partial charge in [-0.25, -0.2) is 0 Å². The highest BCUT2D eigenvalue weighted by atomic mass is 35.5. The second kappa shape index (κ2) is 5.92. The molecule has 7 heteroatoms. The van der Waals surface area contributed by atoms with Gasteiger partial charge in [0.2, 0.25) is 0 Å². The van der Waals surface area contributed by atoms with Crippen LogP contribution < -0.4 is 5.32 Å². The lowest BCUT2D eigenvalue weighted by Crippen LogP contribution is -2.06. The summed E-state index contributed by atoms with van der Waals surface area (Å²) in [6.07, 6.45) is 3.73. The first-order chi connectivity index (χ1) is 9.51. The van der Waals surface area contributed by atoms with Gasteiger partial charge in [0.05, 0.1) is 17.2 Å². The minimum absolute atomic E-state index is 0.00363. The summed E-state index contributed by atoms with van der Waals surface area (Å²) < 4.78 is 1.83. The Bertz CT molecular complexity index is 627. The molecule has 1 atom stereocenters. The van der Waals surface area contributed by atoms with Crippen molar-refractivity contribution in [3.63, 3.8) is 0 Å². The van der Waals surface area contributed by atoms with Crippen LogP contribution in [0, 0.1) is 10.1 Å². The van der Waals surface area contributed by atoms with Crippen molar-refractivity contribution in [2.75, 3.05) is 5.32 Å². The third-order valence-electron chi connectivity index (χ3n) is 3.00. The van der Waals surface area contributed by atoms with Crippen LogP contribution in [-0.2, 0) is 6.54 Å². The quantitative estimate of drug-likeness (QED) is 0.675. The molecule has 0 fully saturated rings. The Morgan fingerprint density at radius 3 is 2.90 bits per heavy atom. The number of anilines is 1. The van der Waals surface area contributed by atoms with Gasteiger partial charge in [-0.3, -0.25) is 14.8 Å². The smallest absolute Gasteiger partial charge is 0.289 e. The fourth-order valence-corrected chi connectivity index (χ4v) is 2.04. The lowest BCUT2D eigenvalue weighted by molar-refractivity contribution is -0.384. The van der Waals surface area contributed by atoms with Gasteiger partial charge in [0.15, 0.2) is 0 Å². The first-order valence-corrected chi connectivity index (χ1v) is 6.62. The minimum Gasteiger partial charge on any atom is -0.378 e. The van der Waals surface area contributed by atoms with Crippen molar-refractivity contribution in [3.8, 4) is 0 Å². The number of nitro benzene ring substituents is 1. The number of nitrogens with zero attached hydrogens (tertiary/aromatic N) is 3. The molecule has 0 amide bonds. The first kappa shape index (κ1) is 14.3. The molecular weight excluding hydrogens is 280 g/mol. The predicted molar refractivity (Wildman–Crippen MR) is 78.0 cm³/mol. The highest BCUT2D eigenvalue weighted by molar-refractivity contribution is 6.32. The first-order valence-electron chi connectivity index (χ1n) is 6.24. The summed E-state index contributed by atoms with van der Waals surface area (Å²) in [6, 6.07) is 4.67. The van der Waals surface area contributed by atoms with Gasteiger partial charge in [0.1, 0.15) is 5.02 Å². The van der Waals surface area contributed by atoms with Gasteiger partial charge in [-0.1, -0.05) is 11.6 Å². The van der Waals surface area contributed by atoms with Gasteiger partial charge in [0.25, 0.3) is 5.69 Å². The summed E-state index contributed by atoms with van der Waals surface area (Å²) in [4.78, 5) is 10.4. The van der Waals surface area contributed by atoms with E-state index in [9.17, 15) is 10.1 Å². The largest absolute Gasteiger partial charge is 0.378 e. The molecule has 0 aliphatic carbocycles. The molecule has 0 saturated heterocycles. The van der Waals surface area contributed by atoms with E-state index >= 15 is 0 Å². The Morgan fingerprint density at radius 1 is 1.55 bits per heavy atom. The molecule has 0 aliphatic rings. The lowest BCUT2D eigenvalue weighted by atomic mass is 10.1. The number of rotatable bonds is 5. The Balaban J connectivity index is 2.17. The van der Waals surface area contributed by atoms with Gasteiger partial charge in [0, 0.05) is 30.1 Å². The van der Waals surface area contributed by atoms with Gasteiger partial charge in [-0.05, 0) is 26.0 Å². The number of aryl methyl sites for hydroxylation is 1. The third kappa shape index (κ3) is 3.08. The van der Waals surface area contributed by atoms with Crippen molar-refractivity contribution in [2.24, 2.45) is 0 Å². The molecule has 6 nitrogen and oxygen atoms in total. The zero-order valence-corrected chi connectivity index (χ0v) is 12.0. The number of hydrogen-bond acceptors (Lipinski definition) is 4. The number of aromatic nitrogens is 2. The molecule has 0 radical (unpaired) electrons. The van der Waals surface area contributed by atoms with Gasteiger partial charge >= 0.3 is 0 Å².